The standard InChI is InChI=1S/C50H55FN8O18/c51-38-17-14-31(25-53-38)42(64)56-34(47(71)72)15-18-39(60)55-37(49(75)76)23-32(45(67)68)43(65)54-24-26-8-12-29(13-9-26)41(63)57-36(22-27-10-11-28-5-1-2-6-30(28)21-27)44(66)52-20-4-3-7-33(46(69)70)58-50(77)59-35(48(73)74)16-19-40(61)62/h1-2,5-6,8-14,17,21,25,32-37H,3-4,7,15-16,18-20,22-24H2,(H,52,66)(H,54,65)(H,55,60)(H,56,64)(H,57,63)(H,61,62)(H,67,68)(H,69,70)(H,71,72)(H,73,74)(H,75,76)(H2,58,59,77). The van der Waals surface area contributed by atoms with Gasteiger partial charge in [0.15, 0.2) is 0 Å². The van der Waals surface area contributed by atoms with Crippen molar-refractivity contribution in [1.82, 2.24) is 42.2 Å². The number of benzene rings is 3. The molecule has 0 saturated heterocycles. The third-order valence-corrected chi connectivity index (χ3v) is 11.6. The Bertz CT molecular complexity index is 2830. The fourth-order valence-corrected chi connectivity index (χ4v) is 7.42. The second-order valence-corrected chi connectivity index (χ2v) is 17.3. The van der Waals surface area contributed by atoms with E-state index in [1.54, 1.807) is 6.07 Å². The number of amides is 7. The number of rotatable bonds is 31. The molecule has 0 saturated carbocycles. The van der Waals surface area contributed by atoms with Gasteiger partial charge in [-0.2, -0.15) is 4.39 Å². The first-order chi connectivity index (χ1) is 36.5. The number of carboxylic acid groups (broad SMARTS) is 6. The summed E-state index contributed by atoms with van der Waals surface area (Å²) >= 11 is 0. The second kappa shape index (κ2) is 29.4. The summed E-state index contributed by atoms with van der Waals surface area (Å²) in [5.74, 6) is -16.6. The van der Waals surface area contributed by atoms with Gasteiger partial charge in [-0.25, -0.2) is 29.0 Å². The second-order valence-electron chi connectivity index (χ2n) is 17.3. The minimum Gasteiger partial charge on any atom is -0.481 e. The lowest BCUT2D eigenvalue weighted by Gasteiger charge is -2.20. The van der Waals surface area contributed by atoms with E-state index in [-0.39, 0.29) is 49.9 Å². The lowest BCUT2D eigenvalue weighted by atomic mass is 9.98. The SMILES string of the molecule is O=C(O)CCC(NC(=O)NC(CCCCNC(=O)C(Cc1ccc2ccccc2c1)NC(=O)c1ccc(CNC(=O)C(CC(NC(=O)CCC(NC(=O)c2ccc(F)nc2)C(=O)O)C(=O)O)C(=O)O)cc1)C(=O)O)C(=O)O. The Morgan fingerprint density at radius 1 is 0.506 bits per heavy atom. The molecule has 1 heterocycles. The smallest absolute Gasteiger partial charge is 0.326 e. The fourth-order valence-electron chi connectivity index (χ4n) is 7.42. The third-order valence-electron chi connectivity index (χ3n) is 11.6. The van der Waals surface area contributed by atoms with Crippen molar-refractivity contribution in [2.75, 3.05) is 6.54 Å². The summed E-state index contributed by atoms with van der Waals surface area (Å²) in [7, 11) is 0. The van der Waals surface area contributed by atoms with Gasteiger partial charge >= 0.3 is 41.8 Å². The Balaban J connectivity index is 1.33. The van der Waals surface area contributed by atoms with Crippen LogP contribution in [0.4, 0.5) is 9.18 Å². The number of unbranched alkanes of at least 4 members (excludes halogenated alkanes) is 1. The zero-order valence-electron chi connectivity index (χ0n) is 40.7. The summed E-state index contributed by atoms with van der Waals surface area (Å²) in [6.45, 7) is -0.307. The van der Waals surface area contributed by atoms with Crippen molar-refractivity contribution in [2.24, 2.45) is 5.92 Å². The van der Waals surface area contributed by atoms with E-state index in [1.165, 1.54) is 24.3 Å². The molecule has 27 heteroatoms. The van der Waals surface area contributed by atoms with Gasteiger partial charge in [0.2, 0.25) is 23.7 Å². The fraction of sp³-hybridized carbons (Fsp3) is 0.340. The van der Waals surface area contributed by atoms with Crippen LogP contribution in [0.25, 0.3) is 10.8 Å². The summed E-state index contributed by atoms with van der Waals surface area (Å²) < 4.78 is 13.1. The number of halogens is 1. The molecule has 13 N–H and O–H groups in total. The predicted molar refractivity (Wildman–Crippen MR) is 263 cm³/mol. The lowest BCUT2D eigenvalue weighted by Crippen LogP contribution is -2.51. The Morgan fingerprint density at radius 2 is 1.06 bits per heavy atom. The van der Waals surface area contributed by atoms with Crippen molar-refractivity contribution in [3.8, 4) is 0 Å². The van der Waals surface area contributed by atoms with E-state index >= 15 is 0 Å². The number of hydrogen-bond donors (Lipinski definition) is 13. The number of urea groups is 1. The number of nitrogens with one attached hydrogen (secondary N) is 7. The van der Waals surface area contributed by atoms with Crippen LogP contribution in [-0.4, -0.2) is 144 Å². The maximum absolute atomic E-state index is 13.7. The molecule has 6 atom stereocenters. The van der Waals surface area contributed by atoms with E-state index in [0.29, 0.717) is 11.1 Å². The summed E-state index contributed by atoms with van der Waals surface area (Å²) in [4.78, 5) is 151. The number of pyridine rings is 1. The van der Waals surface area contributed by atoms with Crippen molar-refractivity contribution in [2.45, 2.75) is 94.5 Å². The van der Waals surface area contributed by atoms with Gasteiger partial charge in [-0.05, 0) is 78.3 Å². The highest BCUT2D eigenvalue weighted by atomic mass is 19.1. The Morgan fingerprint density at radius 3 is 1.66 bits per heavy atom. The molecule has 0 aliphatic heterocycles. The van der Waals surface area contributed by atoms with E-state index in [9.17, 15) is 87.5 Å². The Labute approximate surface area is 436 Å². The Kier molecular flexibility index (Phi) is 22.9. The van der Waals surface area contributed by atoms with E-state index in [2.05, 4.69) is 36.9 Å². The number of fused-ring (bicyclic) bond motifs is 1. The summed E-state index contributed by atoms with van der Waals surface area (Å²) in [6.07, 6.45) is -2.07. The van der Waals surface area contributed by atoms with Gasteiger partial charge in [-0.1, -0.05) is 54.6 Å². The van der Waals surface area contributed by atoms with Crippen LogP contribution in [0, 0.1) is 11.9 Å². The normalized spacial score (nSPS) is 13.2. The van der Waals surface area contributed by atoms with E-state index < -0.39 is 146 Å². The maximum atomic E-state index is 13.7. The molecule has 410 valence electrons. The molecule has 26 nitrogen and oxygen atoms in total. The van der Waals surface area contributed by atoms with Crippen LogP contribution in [0.1, 0.15) is 83.2 Å². The van der Waals surface area contributed by atoms with Crippen LogP contribution in [-0.2, 0) is 56.1 Å². The molecule has 0 fully saturated rings. The minimum absolute atomic E-state index is 0.00394. The molecule has 0 aliphatic rings. The zero-order chi connectivity index (χ0) is 56.8. The average molecular weight is 1080 g/mol. The first-order valence-corrected chi connectivity index (χ1v) is 23.6. The largest absolute Gasteiger partial charge is 0.481 e. The highest BCUT2D eigenvalue weighted by molar-refractivity contribution is 5.99. The summed E-state index contributed by atoms with van der Waals surface area (Å²) in [6, 6.07) is 11.4. The molecule has 0 bridgehead atoms. The number of aromatic nitrogens is 1. The molecule has 0 spiro atoms. The molecular weight excluding hydrogens is 1020 g/mol. The Hall–Kier alpha value is -9.56. The molecule has 4 rings (SSSR count). The molecule has 6 unspecified atom stereocenters. The topological polar surface area (TPSA) is 423 Å². The first-order valence-electron chi connectivity index (χ1n) is 23.6. The molecule has 4 aromatic rings. The van der Waals surface area contributed by atoms with Gasteiger partial charge in [0.25, 0.3) is 11.8 Å². The number of aliphatic carboxylic acids is 6. The van der Waals surface area contributed by atoms with Crippen LogP contribution < -0.4 is 37.2 Å². The van der Waals surface area contributed by atoms with Gasteiger partial charge < -0.3 is 67.9 Å². The van der Waals surface area contributed by atoms with Crippen molar-refractivity contribution in [1.29, 1.82) is 0 Å². The van der Waals surface area contributed by atoms with Gasteiger partial charge in [-0.3, -0.25) is 33.6 Å². The third kappa shape index (κ3) is 20.0. The quantitative estimate of drug-likeness (QED) is 0.0190. The van der Waals surface area contributed by atoms with Crippen LogP contribution in [0.2, 0.25) is 0 Å². The first kappa shape index (κ1) is 60.0. The van der Waals surface area contributed by atoms with Gasteiger partial charge in [0.1, 0.15) is 36.1 Å². The molecule has 7 amide bonds. The van der Waals surface area contributed by atoms with Gasteiger partial charge in [0.05, 0.1) is 5.56 Å². The van der Waals surface area contributed by atoms with E-state index in [4.69, 9.17) is 5.11 Å². The molecule has 0 radical (unpaired) electrons. The van der Waals surface area contributed by atoms with Gasteiger partial charge in [-0.15, -0.1) is 0 Å². The number of hydrogen-bond acceptors (Lipinski definition) is 13. The summed E-state index contributed by atoms with van der Waals surface area (Å²) in [5, 5.41) is 74.9. The molecular formula is C50H55FN8O18. The maximum Gasteiger partial charge on any atom is 0.326 e. The summed E-state index contributed by atoms with van der Waals surface area (Å²) in [5.41, 5.74) is 0.913. The van der Waals surface area contributed by atoms with E-state index in [0.717, 1.165) is 29.1 Å². The lowest BCUT2D eigenvalue weighted by molar-refractivity contribution is -0.150. The highest BCUT2D eigenvalue weighted by Crippen LogP contribution is 2.18. The number of nitrogens with zero attached hydrogens (tertiary/aromatic N) is 1. The van der Waals surface area contributed by atoms with Crippen molar-refractivity contribution >= 4 is 82.2 Å². The van der Waals surface area contributed by atoms with E-state index in [1.807, 2.05) is 41.7 Å². The zero-order valence-corrected chi connectivity index (χ0v) is 40.7. The number of carboxylic acids is 6. The van der Waals surface area contributed by atoms with Crippen molar-refractivity contribution < 1.29 is 92.6 Å². The van der Waals surface area contributed by atoms with Crippen LogP contribution in [0.5, 0.6) is 0 Å². The van der Waals surface area contributed by atoms with Crippen LogP contribution in [0.15, 0.2) is 85.1 Å². The number of carbonyl (C=O) groups excluding carboxylic acids is 6. The van der Waals surface area contributed by atoms with Crippen molar-refractivity contribution in [3.05, 3.63) is 113 Å². The highest BCUT2D eigenvalue weighted by Gasteiger charge is 2.34. The number of carbonyl (C=O) groups is 12. The monoisotopic (exact) mass is 1070 g/mol. The molecule has 77 heavy (non-hydrogen) atoms. The van der Waals surface area contributed by atoms with Crippen LogP contribution in [0.3, 0.4) is 0 Å². The molecule has 1 aromatic heterocycles. The average Bonchev–Trinajstić information content (AvgIpc) is 3.38. The van der Waals surface area contributed by atoms with Crippen molar-refractivity contribution in [3.63, 3.8) is 0 Å². The predicted octanol–water partition coefficient (Wildman–Crippen LogP) is 1.01. The van der Waals surface area contributed by atoms with Crippen LogP contribution >= 0.6 is 0 Å². The minimum atomic E-state index is -2.01. The molecule has 3 aromatic carbocycles. The van der Waals surface area contributed by atoms with Gasteiger partial charge in [0, 0.05) is 50.5 Å². The molecule has 0 aliphatic carbocycles.